The van der Waals surface area contributed by atoms with Crippen LogP contribution in [0.3, 0.4) is 0 Å². The summed E-state index contributed by atoms with van der Waals surface area (Å²) in [5, 5.41) is 12.1. The summed E-state index contributed by atoms with van der Waals surface area (Å²) >= 11 is 6.04. The van der Waals surface area contributed by atoms with Crippen LogP contribution in [0, 0.1) is 11.3 Å². The molecule has 1 N–H and O–H groups in total. The van der Waals surface area contributed by atoms with Crippen molar-refractivity contribution in [3.63, 3.8) is 0 Å². The van der Waals surface area contributed by atoms with Gasteiger partial charge < -0.3 is 15.0 Å². The number of nitrogens with one attached hydrogen (secondary N) is 1. The Morgan fingerprint density at radius 2 is 2.13 bits per heavy atom. The Morgan fingerprint density at radius 3 is 2.78 bits per heavy atom. The Hall–Kier alpha value is -2.71. The average molecular weight is 330 g/mol. The molecule has 0 fully saturated rings. The van der Waals surface area contributed by atoms with Crippen LogP contribution in [-0.4, -0.2) is 25.1 Å². The first-order valence-corrected chi connectivity index (χ1v) is 7.26. The van der Waals surface area contributed by atoms with Crippen LogP contribution in [0.2, 0.25) is 5.02 Å². The second-order valence-corrected chi connectivity index (χ2v) is 5.35. The molecule has 0 saturated heterocycles. The summed E-state index contributed by atoms with van der Waals surface area (Å²) in [6.07, 6.45) is 0. The summed E-state index contributed by atoms with van der Waals surface area (Å²) in [4.78, 5) is 13.7. The van der Waals surface area contributed by atoms with Crippen LogP contribution in [0.25, 0.3) is 0 Å². The van der Waals surface area contributed by atoms with Crippen molar-refractivity contribution in [3.8, 4) is 11.8 Å². The molecule has 0 aromatic heterocycles. The highest BCUT2D eigenvalue weighted by Gasteiger charge is 2.11. The van der Waals surface area contributed by atoms with Gasteiger partial charge in [-0.2, -0.15) is 5.26 Å². The molecule has 0 aliphatic rings. The van der Waals surface area contributed by atoms with Crippen LogP contribution in [0.1, 0.15) is 11.1 Å². The molecule has 0 heterocycles. The number of ether oxygens (including phenoxy) is 1. The third-order valence-corrected chi connectivity index (χ3v) is 3.52. The molecule has 0 saturated carbocycles. The van der Waals surface area contributed by atoms with E-state index in [4.69, 9.17) is 21.6 Å². The first-order chi connectivity index (χ1) is 11.0. The lowest BCUT2D eigenvalue weighted by molar-refractivity contribution is 0.220. The molecule has 0 aliphatic heterocycles. The Bertz CT molecular complexity index is 756. The van der Waals surface area contributed by atoms with Gasteiger partial charge in [-0.05, 0) is 35.9 Å². The number of anilines is 1. The molecule has 0 aliphatic carbocycles. The van der Waals surface area contributed by atoms with E-state index in [0.717, 1.165) is 5.56 Å². The van der Waals surface area contributed by atoms with E-state index in [9.17, 15) is 4.79 Å². The number of halogens is 1. The van der Waals surface area contributed by atoms with E-state index in [1.54, 1.807) is 43.4 Å². The normalized spacial score (nSPS) is 9.83. The van der Waals surface area contributed by atoms with E-state index in [0.29, 0.717) is 28.6 Å². The van der Waals surface area contributed by atoms with Gasteiger partial charge in [0.1, 0.15) is 5.75 Å². The maximum absolute atomic E-state index is 12.2. The van der Waals surface area contributed by atoms with Gasteiger partial charge in [0.25, 0.3) is 0 Å². The lowest BCUT2D eigenvalue weighted by Gasteiger charge is -2.18. The number of rotatable bonds is 4. The third-order valence-electron chi connectivity index (χ3n) is 3.23. The number of carbonyl (C=O) groups is 1. The highest BCUT2D eigenvalue weighted by molar-refractivity contribution is 6.32. The van der Waals surface area contributed by atoms with Gasteiger partial charge in [-0.3, -0.25) is 0 Å². The highest BCUT2D eigenvalue weighted by atomic mass is 35.5. The zero-order valence-corrected chi connectivity index (χ0v) is 13.6. The van der Waals surface area contributed by atoms with Gasteiger partial charge in [0.05, 0.1) is 23.8 Å². The predicted molar refractivity (Wildman–Crippen MR) is 89.6 cm³/mol. The van der Waals surface area contributed by atoms with Gasteiger partial charge in [0.15, 0.2) is 0 Å². The molecule has 118 valence electrons. The molecule has 0 unspecified atom stereocenters. The van der Waals surface area contributed by atoms with Crippen LogP contribution in [0.15, 0.2) is 42.5 Å². The van der Waals surface area contributed by atoms with Gasteiger partial charge in [-0.25, -0.2) is 4.79 Å². The standard InChI is InChI=1S/C17H16ClN3O2/c1-21(11-13-5-3-4-12(8-13)10-19)17(22)20-14-6-7-16(23-2)15(18)9-14/h3-9H,11H2,1-2H3,(H,20,22). The molecule has 0 radical (unpaired) electrons. The van der Waals surface area contributed by atoms with Gasteiger partial charge in [-0.1, -0.05) is 23.7 Å². The van der Waals surface area contributed by atoms with E-state index < -0.39 is 0 Å². The van der Waals surface area contributed by atoms with Crippen molar-refractivity contribution in [2.45, 2.75) is 6.54 Å². The molecule has 23 heavy (non-hydrogen) atoms. The van der Waals surface area contributed by atoms with Gasteiger partial charge >= 0.3 is 6.03 Å². The van der Waals surface area contributed by atoms with Crippen molar-refractivity contribution >= 4 is 23.3 Å². The molecular formula is C17H16ClN3O2. The lowest BCUT2D eigenvalue weighted by atomic mass is 10.1. The molecule has 2 aromatic carbocycles. The maximum Gasteiger partial charge on any atom is 0.321 e. The van der Waals surface area contributed by atoms with Crippen LogP contribution >= 0.6 is 11.6 Å². The average Bonchev–Trinajstić information content (AvgIpc) is 2.55. The molecule has 2 rings (SSSR count). The van der Waals surface area contributed by atoms with Gasteiger partial charge in [0, 0.05) is 19.3 Å². The number of nitriles is 1. The number of nitrogens with zero attached hydrogens (tertiary/aromatic N) is 2. The molecule has 5 nitrogen and oxygen atoms in total. The lowest BCUT2D eigenvalue weighted by Crippen LogP contribution is -2.30. The number of benzene rings is 2. The van der Waals surface area contributed by atoms with Crippen LogP contribution in [0.5, 0.6) is 5.75 Å². The number of methoxy groups -OCH3 is 1. The van der Waals surface area contributed by atoms with E-state index >= 15 is 0 Å². The third kappa shape index (κ3) is 4.38. The number of hydrogen-bond donors (Lipinski definition) is 1. The Labute approximate surface area is 140 Å². The maximum atomic E-state index is 12.2. The molecule has 0 atom stereocenters. The zero-order valence-electron chi connectivity index (χ0n) is 12.8. The van der Waals surface area contributed by atoms with Crippen molar-refractivity contribution in [2.24, 2.45) is 0 Å². The summed E-state index contributed by atoms with van der Waals surface area (Å²) in [5.74, 6) is 0.548. The van der Waals surface area contributed by atoms with E-state index in [2.05, 4.69) is 11.4 Å². The second-order valence-electron chi connectivity index (χ2n) is 4.95. The fourth-order valence-electron chi connectivity index (χ4n) is 2.05. The predicted octanol–water partition coefficient (Wildman–Crippen LogP) is 3.88. The molecule has 2 aromatic rings. The summed E-state index contributed by atoms with van der Waals surface area (Å²) in [7, 11) is 3.21. The van der Waals surface area contributed by atoms with E-state index in [1.807, 2.05) is 6.07 Å². The summed E-state index contributed by atoms with van der Waals surface area (Å²) in [6, 6.07) is 14.0. The monoisotopic (exact) mass is 329 g/mol. The fourth-order valence-corrected chi connectivity index (χ4v) is 2.31. The zero-order chi connectivity index (χ0) is 16.8. The minimum absolute atomic E-state index is 0.270. The second kappa shape index (κ2) is 7.52. The number of hydrogen-bond acceptors (Lipinski definition) is 3. The summed E-state index contributed by atoms with van der Waals surface area (Å²) < 4.78 is 5.07. The van der Waals surface area contributed by atoms with Crippen molar-refractivity contribution in [2.75, 3.05) is 19.5 Å². The highest BCUT2D eigenvalue weighted by Crippen LogP contribution is 2.27. The van der Waals surface area contributed by atoms with Gasteiger partial charge in [0.2, 0.25) is 0 Å². The first-order valence-electron chi connectivity index (χ1n) is 6.88. The summed E-state index contributed by atoms with van der Waals surface area (Å²) in [6.45, 7) is 0.394. The largest absolute Gasteiger partial charge is 0.495 e. The van der Waals surface area contributed by atoms with Gasteiger partial charge in [-0.15, -0.1) is 0 Å². The van der Waals surface area contributed by atoms with Crippen molar-refractivity contribution in [1.82, 2.24) is 4.90 Å². The quantitative estimate of drug-likeness (QED) is 0.925. The van der Waals surface area contributed by atoms with Crippen LogP contribution < -0.4 is 10.1 Å². The number of carbonyl (C=O) groups excluding carboxylic acids is 1. The van der Waals surface area contributed by atoms with Crippen molar-refractivity contribution in [3.05, 3.63) is 58.6 Å². The Morgan fingerprint density at radius 1 is 1.35 bits per heavy atom. The number of amides is 2. The smallest absolute Gasteiger partial charge is 0.321 e. The fraction of sp³-hybridized carbons (Fsp3) is 0.176. The Balaban J connectivity index is 2.02. The minimum atomic E-state index is -0.270. The molecule has 0 bridgehead atoms. The molecule has 0 spiro atoms. The molecular weight excluding hydrogens is 314 g/mol. The summed E-state index contributed by atoms with van der Waals surface area (Å²) in [5.41, 5.74) is 2.03. The number of urea groups is 1. The molecule has 6 heteroatoms. The Kier molecular flexibility index (Phi) is 5.45. The van der Waals surface area contributed by atoms with Crippen molar-refractivity contribution < 1.29 is 9.53 Å². The van der Waals surface area contributed by atoms with Crippen molar-refractivity contribution in [1.29, 1.82) is 5.26 Å². The van der Waals surface area contributed by atoms with Crippen LogP contribution in [0.4, 0.5) is 10.5 Å². The SMILES string of the molecule is COc1ccc(NC(=O)N(C)Cc2cccc(C#N)c2)cc1Cl. The first kappa shape index (κ1) is 16.7. The van der Waals surface area contributed by atoms with Crippen LogP contribution in [-0.2, 0) is 6.54 Å². The minimum Gasteiger partial charge on any atom is -0.495 e. The van der Waals surface area contributed by atoms with E-state index in [-0.39, 0.29) is 6.03 Å². The molecule has 2 amide bonds. The topological polar surface area (TPSA) is 65.4 Å². The van der Waals surface area contributed by atoms with E-state index in [1.165, 1.54) is 12.0 Å².